The molecule has 1 aliphatic heterocycles. The molecule has 2 heterocycles. The Morgan fingerprint density at radius 2 is 2.17 bits per heavy atom. The average Bonchev–Trinajstić information content (AvgIpc) is 2.81. The molecule has 0 bridgehead atoms. The molecule has 0 saturated carbocycles. The quantitative estimate of drug-likeness (QED) is 0.875. The molecule has 0 fully saturated rings. The van der Waals surface area contributed by atoms with Gasteiger partial charge in [-0.1, -0.05) is 0 Å². The van der Waals surface area contributed by atoms with E-state index in [1.54, 1.807) is 36.9 Å². The number of aromatic nitrogens is 3. The Bertz CT molecular complexity index is 790. The second-order valence-electron chi connectivity index (χ2n) is 6.24. The molecule has 2 atom stereocenters. The molecule has 1 aliphatic rings. The third-order valence-corrected chi connectivity index (χ3v) is 4.03. The highest BCUT2D eigenvalue weighted by Gasteiger charge is 2.43. The highest BCUT2D eigenvalue weighted by molar-refractivity contribution is 5.49. The molecule has 0 radical (unpaired) electrons. The van der Waals surface area contributed by atoms with E-state index in [-0.39, 0.29) is 0 Å². The SMILES string of the molecule is Cc1nc(N[C@@H]2c3cc(C#N)ccc3OC(C)(C)[C@H]2O)n(C)n1. The van der Waals surface area contributed by atoms with Crippen molar-refractivity contribution >= 4 is 5.95 Å². The number of hydrogen-bond donors (Lipinski definition) is 2. The minimum absolute atomic E-state index is 0.454. The molecule has 7 nitrogen and oxygen atoms in total. The number of anilines is 1. The fourth-order valence-electron chi connectivity index (χ4n) is 2.80. The van der Waals surface area contributed by atoms with Gasteiger partial charge in [-0.2, -0.15) is 15.3 Å². The highest BCUT2D eigenvalue weighted by atomic mass is 16.5. The summed E-state index contributed by atoms with van der Waals surface area (Å²) in [5, 5.41) is 27.3. The number of aliphatic hydroxyl groups is 1. The van der Waals surface area contributed by atoms with Gasteiger partial charge < -0.3 is 15.2 Å². The minimum atomic E-state index is -0.819. The molecule has 1 aromatic carbocycles. The third-order valence-electron chi connectivity index (χ3n) is 4.03. The van der Waals surface area contributed by atoms with E-state index < -0.39 is 17.7 Å². The largest absolute Gasteiger partial charge is 0.485 e. The van der Waals surface area contributed by atoms with E-state index in [9.17, 15) is 5.11 Å². The van der Waals surface area contributed by atoms with E-state index in [4.69, 9.17) is 10.00 Å². The van der Waals surface area contributed by atoms with Crippen LogP contribution in [0.25, 0.3) is 0 Å². The van der Waals surface area contributed by atoms with Crippen molar-refractivity contribution in [3.8, 4) is 11.8 Å². The topological polar surface area (TPSA) is 96.0 Å². The Hall–Kier alpha value is -2.59. The fourth-order valence-corrected chi connectivity index (χ4v) is 2.80. The summed E-state index contributed by atoms with van der Waals surface area (Å²) in [5.74, 6) is 1.84. The zero-order valence-corrected chi connectivity index (χ0v) is 13.5. The van der Waals surface area contributed by atoms with Crippen LogP contribution in [0.4, 0.5) is 5.95 Å². The average molecular weight is 313 g/mol. The first-order chi connectivity index (χ1) is 10.8. The lowest BCUT2D eigenvalue weighted by molar-refractivity contribution is -0.0534. The molecule has 0 amide bonds. The number of nitrogens with zero attached hydrogens (tertiary/aromatic N) is 4. The van der Waals surface area contributed by atoms with E-state index in [1.165, 1.54) is 0 Å². The van der Waals surface area contributed by atoms with Gasteiger partial charge in [-0.15, -0.1) is 0 Å². The summed E-state index contributed by atoms with van der Waals surface area (Å²) in [4.78, 5) is 4.33. The zero-order chi connectivity index (χ0) is 16.8. The fraction of sp³-hybridized carbons (Fsp3) is 0.438. The molecule has 2 N–H and O–H groups in total. The lowest BCUT2D eigenvalue weighted by Gasteiger charge is -2.42. The summed E-state index contributed by atoms with van der Waals surface area (Å²) >= 11 is 0. The van der Waals surface area contributed by atoms with Gasteiger partial charge in [-0.25, -0.2) is 4.68 Å². The normalized spacial score (nSPS) is 21.9. The van der Waals surface area contributed by atoms with Crippen molar-refractivity contribution in [2.24, 2.45) is 7.05 Å². The number of aliphatic hydroxyl groups excluding tert-OH is 1. The van der Waals surface area contributed by atoms with Crippen molar-refractivity contribution in [1.82, 2.24) is 14.8 Å². The van der Waals surface area contributed by atoms with Gasteiger partial charge in [-0.05, 0) is 39.0 Å². The highest BCUT2D eigenvalue weighted by Crippen LogP contribution is 2.41. The molecule has 120 valence electrons. The third kappa shape index (κ3) is 2.62. The number of ether oxygens (including phenoxy) is 1. The number of aryl methyl sites for hydroxylation is 2. The zero-order valence-electron chi connectivity index (χ0n) is 13.5. The van der Waals surface area contributed by atoms with Gasteiger partial charge in [0.15, 0.2) is 0 Å². The molecule has 0 spiro atoms. The molecular weight excluding hydrogens is 294 g/mol. The standard InChI is InChI=1S/C16H19N5O2/c1-9-18-15(21(4)20-9)19-13-11-7-10(8-17)5-6-12(11)23-16(2,3)14(13)22/h5-7,13-14,22H,1-4H3,(H,18,19,20)/t13-,14+/m1/s1. The molecule has 3 rings (SSSR count). The van der Waals surface area contributed by atoms with Gasteiger partial charge in [0.1, 0.15) is 23.3 Å². The number of hydrogen-bond acceptors (Lipinski definition) is 6. The summed E-state index contributed by atoms with van der Waals surface area (Å²) in [7, 11) is 1.78. The molecule has 7 heteroatoms. The van der Waals surface area contributed by atoms with E-state index in [1.807, 2.05) is 13.8 Å². The van der Waals surface area contributed by atoms with Gasteiger partial charge in [0, 0.05) is 12.6 Å². The maximum Gasteiger partial charge on any atom is 0.221 e. The van der Waals surface area contributed by atoms with Crippen LogP contribution in [0.5, 0.6) is 5.75 Å². The Kier molecular flexibility index (Phi) is 3.49. The lowest BCUT2D eigenvalue weighted by atomic mass is 9.86. The first-order valence-corrected chi connectivity index (χ1v) is 7.37. The number of nitrogens with one attached hydrogen (secondary N) is 1. The van der Waals surface area contributed by atoms with E-state index in [0.717, 1.165) is 5.56 Å². The van der Waals surface area contributed by atoms with Crippen LogP contribution in [0, 0.1) is 18.3 Å². The van der Waals surface area contributed by atoms with Gasteiger partial charge in [-0.3, -0.25) is 0 Å². The monoisotopic (exact) mass is 313 g/mol. The Morgan fingerprint density at radius 3 is 2.78 bits per heavy atom. The van der Waals surface area contributed by atoms with E-state index in [0.29, 0.717) is 23.1 Å². The number of nitriles is 1. The van der Waals surface area contributed by atoms with Crippen molar-refractivity contribution in [2.45, 2.75) is 38.5 Å². The molecular formula is C16H19N5O2. The van der Waals surface area contributed by atoms with Crippen LogP contribution < -0.4 is 10.1 Å². The van der Waals surface area contributed by atoms with Crippen LogP contribution in [0.2, 0.25) is 0 Å². The van der Waals surface area contributed by atoms with Gasteiger partial charge in [0.05, 0.1) is 17.7 Å². The molecule has 0 unspecified atom stereocenters. The first-order valence-electron chi connectivity index (χ1n) is 7.37. The van der Waals surface area contributed by atoms with Crippen LogP contribution in [-0.4, -0.2) is 31.6 Å². The van der Waals surface area contributed by atoms with Crippen molar-refractivity contribution in [1.29, 1.82) is 5.26 Å². The van der Waals surface area contributed by atoms with Crippen molar-refractivity contribution < 1.29 is 9.84 Å². The van der Waals surface area contributed by atoms with Gasteiger partial charge in [0.2, 0.25) is 5.95 Å². The van der Waals surface area contributed by atoms with Crippen LogP contribution in [0.15, 0.2) is 18.2 Å². The summed E-state index contributed by atoms with van der Waals surface area (Å²) in [6.07, 6.45) is -0.819. The van der Waals surface area contributed by atoms with Crippen LogP contribution in [0.1, 0.15) is 36.8 Å². The van der Waals surface area contributed by atoms with Gasteiger partial charge in [0.25, 0.3) is 0 Å². The predicted octanol–water partition coefficient (Wildman–Crippen LogP) is 1.68. The maximum absolute atomic E-state index is 10.7. The van der Waals surface area contributed by atoms with E-state index in [2.05, 4.69) is 21.5 Å². The van der Waals surface area contributed by atoms with Crippen molar-refractivity contribution in [3.05, 3.63) is 35.2 Å². The first kappa shape index (κ1) is 15.3. The summed E-state index contributed by atoms with van der Waals surface area (Å²) in [6, 6.07) is 6.86. The van der Waals surface area contributed by atoms with Crippen molar-refractivity contribution in [2.75, 3.05) is 5.32 Å². The molecule has 2 aromatic rings. The van der Waals surface area contributed by atoms with Crippen molar-refractivity contribution in [3.63, 3.8) is 0 Å². The summed E-state index contributed by atoms with van der Waals surface area (Å²) < 4.78 is 7.52. The number of benzene rings is 1. The van der Waals surface area contributed by atoms with E-state index >= 15 is 0 Å². The van der Waals surface area contributed by atoms with Crippen LogP contribution in [-0.2, 0) is 7.05 Å². The second-order valence-corrected chi connectivity index (χ2v) is 6.24. The molecule has 0 saturated heterocycles. The Balaban J connectivity index is 2.07. The number of fused-ring (bicyclic) bond motifs is 1. The number of rotatable bonds is 2. The van der Waals surface area contributed by atoms with Gasteiger partial charge >= 0.3 is 0 Å². The summed E-state index contributed by atoms with van der Waals surface area (Å²) in [6.45, 7) is 5.46. The molecule has 0 aliphatic carbocycles. The predicted molar refractivity (Wildman–Crippen MR) is 84.0 cm³/mol. The van der Waals surface area contributed by atoms with Crippen LogP contribution >= 0.6 is 0 Å². The maximum atomic E-state index is 10.7. The molecule has 1 aromatic heterocycles. The lowest BCUT2D eigenvalue weighted by Crippen LogP contribution is -2.51. The Labute approximate surface area is 134 Å². The second kappa shape index (κ2) is 5.25. The summed E-state index contributed by atoms with van der Waals surface area (Å²) in [5.41, 5.74) is 0.476. The van der Waals surface area contributed by atoms with Crippen LogP contribution in [0.3, 0.4) is 0 Å². The smallest absolute Gasteiger partial charge is 0.221 e. The minimum Gasteiger partial charge on any atom is -0.485 e. The molecule has 23 heavy (non-hydrogen) atoms. The Morgan fingerprint density at radius 1 is 1.43 bits per heavy atom.